The summed E-state index contributed by atoms with van der Waals surface area (Å²) in [6.07, 6.45) is 2.24. The molecule has 2 aromatic rings. The molecule has 1 aliphatic heterocycles. The van der Waals surface area contributed by atoms with E-state index in [1.807, 2.05) is 30.3 Å². The summed E-state index contributed by atoms with van der Waals surface area (Å²) in [5.74, 6) is 1.05. The van der Waals surface area contributed by atoms with Gasteiger partial charge in [-0.1, -0.05) is 30.3 Å². The van der Waals surface area contributed by atoms with Crippen LogP contribution in [0, 0.1) is 0 Å². The molecule has 0 spiro atoms. The maximum Gasteiger partial charge on any atom is 0.122 e. The van der Waals surface area contributed by atoms with Gasteiger partial charge in [-0.2, -0.15) is 0 Å². The molecule has 98 valence electrons. The van der Waals surface area contributed by atoms with Gasteiger partial charge in [0.15, 0.2) is 0 Å². The number of hydrazine groups is 1. The quantitative estimate of drug-likeness (QED) is 0.822. The van der Waals surface area contributed by atoms with Gasteiger partial charge < -0.3 is 10.2 Å². The highest BCUT2D eigenvalue weighted by Gasteiger charge is 2.10. The molecule has 1 aliphatic rings. The van der Waals surface area contributed by atoms with E-state index in [2.05, 4.69) is 29.1 Å². The minimum atomic E-state index is 0.794. The minimum absolute atomic E-state index is 0.794. The summed E-state index contributed by atoms with van der Waals surface area (Å²) in [6, 6.07) is 16.5. The zero-order valence-corrected chi connectivity index (χ0v) is 10.9. The first kappa shape index (κ1) is 12.1. The fourth-order valence-corrected chi connectivity index (χ4v) is 2.29. The van der Waals surface area contributed by atoms with Gasteiger partial charge in [-0.25, -0.2) is 5.43 Å². The molecular formula is C16H18N2O. The Morgan fingerprint density at radius 2 is 1.95 bits per heavy atom. The smallest absolute Gasteiger partial charge is 0.122 e. The van der Waals surface area contributed by atoms with Gasteiger partial charge in [0.05, 0.1) is 6.61 Å². The van der Waals surface area contributed by atoms with Crippen LogP contribution in [-0.2, 0) is 13.0 Å². The lowest BCUT2D eigenvalue weighted by molar-refractivity contribution is 0.288. The van der Waals surface area contributed by atoms with Crippen molar-refractivity contribution in [3.63, 3.8) is 0 Å². The zero-order valence-electron chi connectivity index (χ0n) is 10.9. The van der Waals surface area contributed by atoms with Crippen LogP contribution in [0.1, 0.15) is 17.5 Å². The fraction of sp³-hybridized carbons (Fsp3) is 0.250. The number of hydrogen-bond donors (Lipinski definition) is 2. The maximum absolute atomic E-state index is 5.62. The number of fused-ring (bicyclic) bond motifs is 1. The lowest BCUT2D eigenvalue weighted by Crippen LogP contribution is -2.21. The standard InChI is InChI=1S/C16H18N2O/c1-2-6-15(7-3-1)18-17-12-13-8-9-16-14(11-13)5-4-10-19-16/h1-3,6-9,11,17-18H,4-5,10,12H2. The van der Waals surface area contributed by atoms with Crippen LogP contribution < -0.4 is 15.6 Å². The molecule has 0 amide bonds. The molecule has 1 heterocycles. The van der Waals surface area contributed by atoms with Gasteiger partial charge in [-0.05, 0) is 42.2 Å². The van der Waals surface area contributed by atoms with Gasteiger partial charge in [-0.15, -0.1) is 0 Å². The molecule has 3 rings (SSSR count). The first-order chi connectivity index (χ1) is 9.42. The van der Waals surface area contributed by atoms with Crippen LogP contribution in [0.3, 0.4) is 0 Å². The van der Waals surface area contributed by atoms with Crippen molar-refractivity contribution in [2.75, 3.05) is 12.0 Å². The Balaban J connectivity index is 1.58. The van der Waals surface area contributed by atoms with Crippen LogP contribution in [0.4, 0.5) is 5.69 Å². The van der Waals surface area contributed by atoms with Crippen LogP contribution in [0.2, 0.25) is 0 Å². The molecule has 2 N–H and O–H groups in total. The number of rotatable bonds is 4. The summed E-state index contributed by atoms with van der Waals surface area (Å²) in [6.45, 7) is 1.64. The highest BCUT2D eigenvalue weighted by molar-refractivity contribution is 5.42. The Kier molecular flexibility index (Phi) is 3.65. The number of anilines is 1. The second-order valence-electron chi connectivity index (χ2n) is 4.74. The van der Waals surface area contributed by atoms with Crippen molar-refractivity contribution in [1.82, 2.24) is 5.43 Å². The molecule has 0 saturated carbocycles. The van der Waals surface area contributed by atoms with Gasteiger partial charge in [0.2, 0.25) is 0 Å². The molecule has 19 heavy (non-hydrogen) atoms. The van der Waals surface area contributed by atoms with Crippen molar-refractivity contribution in [1.29, 1.82) is 0 Å². The van der Waals surface area contributed by atoms with E-state index in [1.165, 1.54) is 11.1 Å². The topological polar surface area (TPSA) is 33.3 Å². The van der Waals surface area contributed by atoms with Crippen LogP contribution >= 0.6 is 0 Å². The molecule has 0 aromatic heterocycles. The maximum atomic E-state index is 5.62. The minimum Gasteiger partial charge on any atom is -0.493 e. The molecular weight excluding hydrogens is 236 g/mol. The third kappa shape index (κ3) is 3.06. The number of ether oxygens (including phenoxy) is 1. The summed E-state index contributed by atoms with van der Waals surface area (Å²) in [5.41, 5.74) is 10.1. The molecule has 0 atom stereocenters. The first-order valence-electron chi connectivity index (χ1n) is 6.70. The van der Waals surface area contributed by atoms with E-state index in [-0.39, 0.29) is 0 Å². The zero-order chi connectivity index (χ0) is 12.9. The lowest BCUT2D eigenvalue weighted by atomic mass is 10.0. The highest BCUT2D eigenvalue weighted by atomic mass is 16.5. The van der Waals surface area contributed by atoms with Gasteiger partial charge in [0.25, 0.3) is 0 Å². The summed E-state index contributed by atoms with van der Waals surface area (Å²) in [4.78, 5) is 0. The Morgan fingerprint density at radius 1 is 1.05 bits per heavy atom. The fourth-order valence-electron chi connectivity index (χ4n) is 2.29. The molecule has 3 heteroatoms. The van der Waals surface area contributed by atoms with E-state index in [0.717, 1.165) is 37.4 Å². The van der Waals surface area contributed by atoms with Crippen molar-refractivity contribution < 1.29 is 4.74 Å². The average Bonchev–Trinajstić information content (AvgIpc) is 2.48. The van der Waals surface area contributed by atoms with Crippen molar-refractivity contribution in [3.8, 4) is 5.75 Å². The number of nitrogens with one attached hydrogen (secondary N) is 2. The normalized spacial score (nSPS) is 13.5. The molecule has 0 bridgehead atoms. The predicted molar refractivity (Wildman–Crippen MR) is 77.2 cm³/mol. The summed E-state index contributed by atoms with van der Waals surface area (Å²) >= 11 is 0. The molecule has 0 unspecified atom stereocenters. The number of benzene rings is 2. The second-order valence-corrected chi connectivity index (χ2v) is 4.74. The van der Waals surface area contributed by atoms with E-state index < -0.39 is 0 Å². The molecule has 0 fully saturated rings. The third-order valence-corrected chi connectivity index (χ3v) is 3.27. The van der Waals surface area contributed by atoms with E-state index >= 15 is 0 Å². The number of hydrogen-bond acceptors (Lipinski definition) is 3. The Hall–Kier alpha value is -2.00. The van der Waals surface area contributed by atoms with Crippen molar-refractivity contribution in [3.05, 3.63) is 59.7 Å². The van der Waals surface area contributed by atoms with Crippen LogP contribution in [-0.4, -0.2) is 6.61 Å². The van der Waals surface area contributed by atoms with Crippen molar-refractivity contribution >= 4 is 5.69 Å². The van der Waals surface area contributed by atoms with Gasteiger partial charge in [0.1, 0.15) is 5.75 Å². The SMILES string of the molecule is c1ccc(NNCc2ccc3c(c2)CCCO3)cc1. The highest BCUT2D eigenvalue weighted by Crippen LogP contribution is 2.25. The predicted octanol–water partition coefficient (Wildman–Crippen LogP) is 3.13. The summed E-state index contributed by atoms with van der Waals surface area (Å²) in [5, 5.41) is 0. The monoisotopic (exact) mass is 254 g/mol. The third-order valence-electron chi connectivity index (χ3n) is 3.27. The van der Waals surface area contributed by atoms with Crippen LogP contribution in [0.15, 0.2) is 48.5 Å². The van der Waals surface area contributed by atoms with Crippen LogP contribution in [0.5, 0.6) is 5.75 Å². The molecule has 3 nitrogen and oxygen atoms in total. The van der Waals surface area contributed by atoms with Crippen LogP contribution in [0.25, 0.3) is 0 Å². The Bertz CT molecular complexity index is 540. The Labute approximate surface area is 113 Å². The average molecular weight is 254 g/mol. The van der Waals surface area contributed by atoms with Gasteiger partial charge in [0, 0.05) is 12.2 Å². The van der Waals surface area contributed by atoms with E-state index in [9.17, 15) is 0 Å². The van der Waals surface area contributed by atoms with E-state index in [0.29, 0.717) is 0 Å². The molecule has 0 saturated heterocycles. The second kappa shape index (κ2) is 5.76. The van der Waals surface area contributed by atoms with Gasteiger partial charge >= 0.3 is 0 Å². The number of para-hydroxylation sites is 1. The Morgan fingerprint density at radius 3 is 2.84 bits per heavy atom. The molecule has 0 radical (unpaired) electrons. The van der Waals surface area contributed by atoms with E-state index in [4.69, 9.17) is 4.74 Å². The van der Waals surface area contributed by atoms with E-state index in [1.54, 1.807) is 0 Å². The van der Waals surface area contributed by atoms with Crippen molar-refractivity contribution in [2.45, 2.75) is 19.4 Å². The van der Waals surface area contributed by atoms with Crippen molar-refractivity contribution in [2.24, 2.45) is 0 Å². The molecule has 0 aliphatic carbocycles. The first-order valence-corrected chi connectivity index (χ1v) is 6.70. The number of aryl methyl sites for hydroxylation is 1. The summed E-state index contributed by atoms with van der Waals surface area (Å²) in [7, 11) is 0. The molecule has 2 aromatic carbocycles. The summed E-state index contributed by atoms with van der Waals surface area (Å²) < 4.78 is 5.62. The van der Waals surface area contributed by atoms with Gasteiger partial charge in [-0.3, -0.25) is 0 Å². The lowest BCUT2D eigenvalue weighted by Gasteiger charge is -2.18. The largest absolute Gasteiger partial charge is 0.493 e.